The van der Waals surface area contributed by atoms with Crippen LogP contribution in [0.2, 0.25) is 0 Å². The zero-order valence-electron chi connectivity index (χ0n) is 7.70. The molecule has 0 aliphatic rings. The second-order valence-corrected chi connectivity index (χ2v) is 3.21. The SMILES string of the molecule is Cc1c(C#N)ccc2c1ccn2C. The maximum Gasteiger partial charge on any atom is 0.0994 e. The van der Waals surface area contributed by atoms with Crippen molar-refractivity contribution in [3.05, 3.63) is 35.5 Å². The van der Waals surface area contributed by atoms with Gasteiger partial charge in [-0.3, -0.25) is 0 Å². The molecule has 13 heavy (non-hydrogen) atoms. The quantitative estimate of drug-likeness (QED) is 0.596. The first-order valence-electron chi connectivity index (χ1n) is 4.19. The van der Waals surface area contributed by atoms with Crippen LogP contribution in [0.1, 0.15) is 11.1 Å². The van der Waals surface area contributed by atoms with Gasteiger partial charge in [0.15, 0.2) is 0 Å². The number of aryl methyl sites for hydroxylation is 2. The van der Waals surface area contributed by atoms with Crippen molar-refractivity contribution >= 4 is 10.9 Å². The molecule has 2 heteroatoms. The first kappa shape index (κ1) is 7.88. The lowest BCUT2D eigenvalue weighted by Gasteiger charge is -2.00. The van der Waals surface area contributed by atoms with Crippen molar-refractivity contribution < 1.29 is 0 Å². The molecule has 2 rings (SSSR count). The van der Waals surface area contributed by atoms with Gasteiger partial charge in [-0.15, -0.1) is 0 Å². The summed E-state index contributed by atoms with van der Waals surface area (Å²) in [7, 11) is 2.01. The highest BCUT2D eigenvalue weighted by Gasteiger charge is 2.04. The fourth-order valence-electron chi connectivity index (χ4n) is 1.62. The molecule has 0 radical (unpaired) electrons. The molecule has 1 aromatic carbocycles. The highest BCUT2D eigenvalue weighted by atomic mass is 14.9. The Morgan fingerprint density at radius 3 is 2.77 bits per heavy atom. The predicted molar refractivity (Wildman–Crippen MR) is 52.4 cm³/mol. The summed E-state index contributed by atoms with van der Waals surface area (Å²) in [6.45, 7) is 1.99. The number of nitrogens with zero attached hydrogens (tertiary/aromatic N) is 2. The number of fused-ring (bicyclic) bond motifs is 1. The van der Waals surface area contributed by atoms with Gasteiger partial charge in [0.2, 0.25) is 0 Å². The number of hydrogen-bond acceptors (Lipinski definition) is 1. The van der Waals surface area contributed by atoms with E-state index in [4.69, 9.17) is 5.26 Å². The van der Waals surface area contributed by atoms with Gasteiger partial charge in [0, 0.05) is 24.1 Å². The van der Waals surface area contributed by atoms with Crippen LogP contribution < -0.4 is 0 Å². The van der Waals surface area contributed by atoms with E-state index in [0.29, 0.717) is 0 Å². The third kappa shape index (κ3) is 1.01. The lowest BCUT2D eigenvalue weighted by molar-refractivity contribution is 0.969. The van der Waals surface area contributed by atoms with Crippen molar-refractivity contribution in [3.63, 3.8) is 0 Å². The number of benzene rings is 1. The summed E-state index contributed by atoms with van der Waals surface area (Å²) in [5.41, 5.74) is 3.01. The molecule has 0 atom stereocenters. The van der Waals surface area contributed by atoms with Crippen LogP contribution in [0.25, 0.3) is 10.9 Å². The Labute approximate surface area is 77.0 Å². The van der Waals surface area contributed by atoms with E-state index < -0.39 is 0 Å². The largest absolute Gasteiger partial charge is 0.351 e. The average molecular weight is 170 g/mol. The van der Waals surface area contributed by atoms with E-state index in [0.717, 1.165) is 11.1 Å². The van der Waals surface area contributed by atoms with Crippen molar-refractivity contribution in [3.8, 4) is 6.07 Å². The van der Waals surface area contributed by atoms with Gasteiger partial charge in [-0.1, -0.05) is 0 Å². The molecule has 0 aliphatic carbocycles. The van der Waals surface area contributed by atoms with E-state index in [1.54, 1.807) is 0 Å². The first-order chi connectivity index (χ1) is 6.24. The van der Waals surface area contributed by atoms with E-state index in [9.17, 15) is 0 Å². The smallest absolute Gasteiger partial charge is 0.0994 e. The van der Waals surface area contributed by atoms with Gasteiger partial charge in [-0.25, -0.2) is 0 Å². The van der Waals surface area contributed by atoms with Crippen LogP contribution in [-0.4, -0.2) is 4.57 Å². The topological polar surface area (TPSA) is 28.7 Å². The Hall–Kier alpha value is -1.75. The minimum Gasteiger partial charge on any atom is -0.351 e. The second kappa shape index (κ2) is 2.63. The van der Waals surface area contributed by atoms with Crippen molar-refractivity contribution in [1.82, 2.24) is 4.57 Å². The van der Waals surface area contributed by atoms with Crippen molar-refractivity contribution in [1.29, 1.82) is 5.26 Å². The summed E-state index contributed by atoms with van der Waals surface area (Å²) in [4.78, 5) is 0. The van der Waals surface area contributed by atoms with Crippen LogP contribution in [0.4, 0.5) is 0 Å². The van der Waals surface area contributed by atoms with Crippen LogP contribution in [0.3, 0.4) is 0 Å². The number of nitriles is 1. The van der Waals surface area contributed by atoms with Gasteiger partial charge >= 0.3 is 0 Å². The van der Waals surface area contributed by atoms with E-state index >= 15 is 0 Å². The molecule has 2 aromatic rings. The Morgan fingerprint density at radius 1 is 1.31 bits per heavy atom. The number of hydrogen-bond donors (Lipinski definition) is 0. The summed E-state index contributed by atoms with van der Waals surface area (Å²) in [6, 6.07) is 8.09. The zero-order chi connectivity index (χ0) is 9.42. The Balaban J connectivity index is 2.90. The van der Waals surface area contributed by atoms with E-state index in [2.05, 4.69) is 10.6 Å². The molecule has 0 aliphatic heterocycles. The molecule has 0 amide bonds. The van der Waals surface area contributed by atoms with Gasteiger partial charge in [0.05, 0.1) is 11.6 Å². The summed E-state index contributed by atoms with van der Waals surface area (Å²) in [5, 5.41) is 10.00. The Morgan fingerprint density at radius 2 is 2.08 bits per heavy atom. The van der Waals surface area contributed by atoms with Crippen molar-refractivity contribution in [2.24, 2.45) is 7.05 Å². The lowest BCUT2D eigenvalue weighted by Crippen LogP contribution is -1.86. The molecule has 0 unspecified atom stereocenters. The summed E-state index contributed by atoms with van der Waals surface area (Å²) < 4.78 is 2.06. The lowest BCUT2D eigenvalue weighted by atomic mass is 10.1. The average Bonchev–Trinajstić information content (AvgIpc) is 2.50. The first-order valence-corrected chi connectivity index (χ1v) is 4.19. The fourth-order valence-corrected chi connectivity index (χ4v) is 1.62. The molecule has 64 valence electrons. The molecule has 1 heterocycles. The minimum atomic E-state index is 0.763. The molecule has 1 aromatic heterocycles. The highest BCUT2D eigenvalue weighted by Crippen LogP contribution is 2.21. The molecule has 0 fully saturated rings. The molecule has 0 saturated carbocycles. The van der Waals surface area contributed by atoms with Crippen LogP contribution in [0.5, 0.6) is 0 Å². The van der Waals surface area contributed by atoms with Crippen molar-refractivity contribution in [2.75, 3.05) is 0 Å². The summed E-state index contributed by atoms with van der Waals surface area (Å²) in [6.07, 6.45) is 2.01. The van der Waals surface area contributed by atoms with Crippen LogP contribution in [0, 0.1) is 18.3 Å². The van der Waals surface area contributed by atoms with E-state index in [1.807, 2.05) is 38.4 Å². The van der Waals surface area contributed by atoms with Crippen LogP contribution in [-0.2, 0) is 7.05 Å². The monoisotopic (exact) mass is 170 g/mol. The minimum absolute atomic E-state index is 0.763. The third-order valence-corrected chi connectivity index (χ3v) is 2.46. The van der Waals surface area contributed by atoms with Crippen LogP contribution in [0.15, 0.2) is 24.4 Å². The molecule has 0 saturated heterocycles. The maximum atomic E-state index is 8.83. The van der Waals surface area contributed by atoms with Gasteiger partial charge < -0.3 is 4.57 Å². The molecule has 0 N–H and O–H groups in total. The molecule has 0 spiro atoms. The number of rotatable bonds is 0. The van der Waals surface area contributed by atoms with E-state index in [1.165, 1.54) is 10.9 Å². The van der Waals surface area contributed by atoms with Crippen molar-refractivity contribution in [2.45, 2.75) is 6.92 Å². The normalized spacial score (nSPS) is 10.2. The van der Waals surface area contributed by atoms with Gasteiger partial charge in [-0.2, -0.15) is 5.26 Å². The molecular formula is C11H10N2. The standard InChI is InChI=1S/C11H10N2/c1-8-9(7-12)3-4-11-10(8)5-6-13(11)2/h3-6H,1-2H3. The molecule has 0 bridgehead atoms. The third-order valence-electron chi connectivity index (χ3n) is 2.46. The number of aromatic nitrogens is 1. The summed E-state index contributed by atoms with van der Waals surface area (Å²) in [5.74, 6) is 0. The zero-order valence-corrected chi connectivity index (χ0v) is 7.70. The predicted octanol–water partition coefficient (Wildman–Crippen LogP) is 2.36. The Bertz CT molecular complexity index is 501. The summed E-state index contributed by atoms with van der Waals surface area (Å²) >= 11 is 0. The van der Waals surface area contributed by atoms with Gasteiger partial charge in [-0.05, 0) is 30.7 Å². The fraction of sp³-hybridized carbons (Fsp3) is 0.182. The van der Waals surface area contributed by atoms with E-state index in [-0.39, 0.29) is 0 Å². The van der Waals surface area contributed by atoms with Gasteiger partial charge in [0.25, 0.3) is 0 Å². The van der Waals surface area contributed by atoms with Crippen LogP contribution >= 0.6 is 0 Å². The second-order valence-electron chi connectivity index (χ2n) is 3.21. The van der Waals surface area contributed by atoms with Gasteiger partial charge in [0.1, 0.15) is 0 Å². The molecular weight excluding hydrogens is 160 g/mol. The highest BCUT2D eigenvalue weighted by molar-refractivity contribution is 5.85. The maximum absolute atomic E-state index is 8.83. The molecule has 2 nitrogen and oxygen atoms in total. The Kier molecular flexibility index (Phi) is 1.60.